The number of aliphatic carboxylic acids is 1. The van der Waals surface area contributed by atoms with Gasteiger partial charge in [-0.05, 0) is 55.1 Å². The van der Waals surface area contributed by atoms with Crippen LogP contribution in [-0.4, -0.2) is 29.1 Å². The maximum absolute atomic E-state index is 13.1. The number of hydrogen-bond acceptors (Lipinski definition) is 3. The number of carboxylic acid groups (broad SMARTS) is 1. The highest BCUT2D eigenvalue weighted by Crippen LogP contribution is 2.37. The van der Waals surface area contributed by atoms with E-state index in [4.69, 9.17) is 5.11 Å². The molecule has 0 radical (unpaired) electrons. The van der Waals surface area contributed by atoms with Crippen molar-refractivity contribution in [3.8, 4) is 0 Å². The minimum absolute atomic E-state index is 0.281. The van der Waals surface area contributed by atoms with Gasteiger partial charge in [0.2, 0.25) is 0 Å². The maximum atomic E-state index is 13.1. The van der Waals surface area contributed by atoms with Crippen molar-refractivity contribution in [3.05, 3.63) is 57.8 Å². The van der Waals surface area contributed by atoms with Crippen molar-refractivity contribution >= 4 is 17.3 Å². The van der Waals surface area contributed by atoms with Gasteiger partial charge in [0.25, 0.3) is 0 Å². The van der Waals surface area contributed by atoms with Crippen molar-refractivity contribution in [3.63, 3.8) is 0 Å². The lowest BCUT2D eigenvalue weighted by Gasteiger charge is -2.36. The van der Waals surface area contributed by atoms with Gasteiger partial charge in [-0.2, -0.15) is 13.2 Å². The van der Waals surface area contributed by atoms with E-state index in [0.717, 1.165) is 10.9 Å². The number of nitrogens with zero attached hydrogens (tertiary/aromatic N) is 1. The molecule has 1 fully saturated rings. The zero-order valence-corrected chi connectivity index (χ0v) is 14.2. The summed E-state index contributed by atoms with van der Waals surface area (Å²) in [5.74, 6) is -1.17. The van der Waals surface area contributed by atoms with Crippen molar-refractivity contribution < 1.29 is 23.1 Å². The van der Waals surface area contributed by atoms with Gasteiger partial charge in [-0.1, -0.05) is 18.2 Å². The second-order valence-corrected chi connectivity index (χ2v) is 7.17. The van der Waals surface area contributed by atoms with E-state index in [9.17, 15) is 18.0 Å². The Bertz CT molecular complexity index is 722. The molecule has 3 rings (SSSR count). The van der Waals surface area contributed by atoms with E-state index >= 15 is 0 Å². The normalized spacial score (nSPS) is 18.2. The molecule has 134 valence electrons. The van der Waals surface area contributed by atoms with Gasteiger partial charge in [0.05, 0.1) is 17.5 Å². The highest BCUT2D eigenvalue weighted by Gasteiger charge is 2.34. The number of hydrogen-bond donors (Lipinski definition) is 1. The summed E-state index contributed by atoms with van der Waals surface area (Å²) in [7, 11) is 0. The Morgan fingerprint density at radius 1 is 1.20 bits per heavy atom. The molecule has 0 aliphatic carbocycles. The standard InChI is InChI=1S/C18H18F3NO2S/c19-18(20,21)14-4-1-3-13(11-14)16(15-5-2-10-25-15)22-8-6-12(7-9-22)17(23)24/h1-5,10-12,16H,6-9H2,(H,23,24). The van der Waals surface area contributed by atoms with Crippen LogP contribution in [-0.2, 0) is 11.0 Å². The van der Waals surface area contributed by atoms with E-state index in [-0.39, 0.29) is 12.0 Å². The third-order valence-electron chi connectivity index (χ3n) is 4.59. The fourth-order valence-corrected chi connectivity index (χ4v) is 4.18. The van der Waals surface area contributed by atoms with E-state index < -0.39 is 17.7 Å². The predicted molar refractivity (Wildman–Crippen MR) is 89.5 cm³/mol. The van der Waals surface area contributed by atoms with Crippen molar-refractivity contribution in [1.82, 2.24) is 4.90 Å². The number of carbonyl (C=O) groups is 1. The van der Waals surface area contributed by atoms with Gasteiger partial charge in [-0.3, -0.25) is 9.69 Å². The van der Waals surface area contributed by atoms with E-state index in [0.29, 0.717) is 31.5 Å². The van der Waals surface area contributed by atoms with Crippen LogP contribution < -0.4 is 0 Å². The molecule has 7 heteroatoms. The summed E-state index contributed by atoms with van der Waals surface area (Å²) in [6.45, 7) is 1.10. The Morgan fingerprint density at radius 2 is 1.92 bits per heavy atom. The fraction of sp³-hybridized carbons (Fsp3) is 0.389. The van der Waals surface area contributed by atoms with Crippen LogP contribution in [0.1, 0.15) is 34.9 Å². The lowest BCUT2D eigenvalue weighted by Crippen LogP contribution is -2.39. The molecule has 1 aromatic heterocycles. The second kappa shape index (κ2) is 7.17. The number of likely N-dealkylation sites (tertiary alicyclic amines) is 1. The quantitative estimate of drug-likeness (QED) is 0.853. The Kier molecular flexibility index (Phi) is 5.15. The number of piperidine rings is 1. The summed E-state index contributed by atoms with van der Waals surface area (Å²) in [6, 6.07) is 8.94. The summed E-state index contributed by atoms with van der Waals surface area (Å²) in [5, 5.41) is 11.1. The van der Waals surface area contributed by atoms with E-state index in [2.05, 4.69) is 4.90 Å². The second-order valence-electron chi connectivity index (χ2n) is 6.19. The van der Waals surface area contributed by atoms with Crippen LogP contribution in [0.25, 0.3) is 0 Å². The highest BCUT2D eigenvalue weighted by atomic mass is 32.1. The zero-order chi connectivity index (χ0) is 18.0. The molecule has 1 saturated heterocycles. The van der Waals surface area contributed by atoms with Gasteiger partial charge in [0.1, 0.15) is 0 Å². The van der Waals surface area contributed by atoms with Crippen LogP contribution in [0.5, 0.6) is 0 Å². The van der Waals surface area contributed by atoms with Crippen LogP contribution in [0.2, 0.25) is 0 Å². The number of benzene rings is 1. The molecule has 0 bridgehead atoms. The van der Waals surface area contributed by atoms with Crippen molar-refractivity contribution in [2.24, 2.45) is 5.92 Å². The molecule has 1 unspecified atom stereocenters. The first-order valence-corrected chi connectivity index (χ1v) is 8.91. The fourth-order valence-electron chi connectivity index (χ4n) is 3.29. The molecule has 1 atom stereocenters. The Balaban J connectivity index is 1.91. The van der Waals surface area contributed by atoms with Gasteiger partial charge in [-0.25, -0.2) is 0 Å². The van der Waals surface area contributed by atoms with E-state index in [1.165, 1.54) is 23.5 Å². The van der Waals surface area contributed by atoms with E-state index in [1.807, 2.05) is 17.5 Å². The summed E-state index contributed by atoms with van der Waals surface area (Å²) in [6.07, 6.45) is -3.36. The molecule has 1 aliphatic heterocycles. The average Bonchev–Trinajstić information content (AvgIpc) is 3.09. The summed E-state index contributed by atoms with van der Waals surface area (Å²) < 4.78 is 39.2. The topological polar surface area (TPSA) is 40.5 Å². The number of halogens is 3. The third-order valence-corrected chi connectivity index (χ3v) is 5.51. The highest BCUT2D eigenvalue weighted by molar-refractivity contribution is 7.10. The predicted octanol–water partition coefficient (Wildman–Crippen LogP) is 4.65. The molecule has 0 amide bonds. The monoisotopic (exact) mass is 369 g/mol. The van der Waals surface area contributed by atoms with Gasteiger partial charge in [0.15, 0.2) is 0 Å². The largest absolute Gasteiger partial charge is 0.481 e. The smallest absolute Gasteiger partial charge is 0.416 e. The number of carboxylic acids is 1. The van der Waals surface area contributed by atoms with Crippen LogP contribution >= 0.6 is 11.3 Å². The average molecular weight is 369 g/mol. The number of rotatable bonds is 4. The van der Waals surface area contributed by atoms with Crippen molar-refractivity contribution in [1.29, 1.82) is 0 Å². The lowest BCUT2D eigenvalue weighted by atomic mass is 9.93. The van der Waals surface area contributed by atoms with Crippen molar-refractivity contribution in [2.45, 2.75) is 25.1 Å². The van der Waals surface area contributed by atoms with Crippen LogP contribution in [0, 0.1) is 5.92 Å². The Hall–Kier alpha value is -1.86. The molecule has 2 heterocycles. The molecule has 0 spiro atoms. The first-order valence-electron chi connectivity index (χ1n) is 8.03. The SMILES string of the molecule is O=C(O)C1CCN(C(c2cccc(C(F)(F)F)c2)c2cccs2)CC1. The molecule has 3 nitrogen and oxygen atoms in total. The molecular formula is C18H18F3NO2S. The van der Waals surface area contributed by atoms with Gasteiger partial charge >= 0.3 is 12.1 Å². The molecule has 25 heavy (non-hydrogen) atoms. The Labute approximate surface area is 147 Å². The summed E-state index contributed by atoms with van der Waals surface area (Å²) in [4.78, 5) is 14.2. The van der Waals surface area contributed by atoms with Crippen LogP contribution in [0.3, 0.4) is 0 Å². The third kappa shape index (κ3) is 4.04. The van der Waals surface area contributed by atoms with Crippen LogP contribution in [0.4, 0.5) is 13.2 Å². The maximum Gasteiger partial charge on any atom is 0.416 e. The van der Waals surface area contributed by atoms with Gasteiger partial charge in [0, 0.05) is 4.88 Å². The minimum Gasteiger partial charge on any atom is -0.481 e. The van der Waals surface area contributed by atoms with Gasteiger partial charge < -0.3 is 5.11 Å². The molecule has 1 N–H and O–H groups in total. The Morgan fingerprint density at radius 3 is 2.48 bits per heavy atom. The first-order chi connectivity index (χ1) is 11.9. The summed E-state index contributed by atoms with van der Waals surface area (Å²) in [5.41, 5.74) is -0.0713. The minimum atomic E-state index is -4.38. The lowest BCUT2D eigenvalue weighted by molar-refractivity contribution is -0.143. The van der Waals surface area contributed by atoms with E-state index in [1.54, 1.807) is 6.07 Å². The zero-order valence-electron chi connectivity index (χ0n) is 13.4. The number of alkyl halides is 3. The number of thiophene rings is 1. The molecule has 1 aromatic carbocycles. The molecule has 0 saturated carbocycles. The molecule has 1 aliphatic rings. The summed E-state index contributed by atoms with van der Waals surface area (Å²) >= 11 is 1.50. The van der Waals surface area contributed by atoms with Crippen LogP contribution in [0.15, 0.2) is 41.8 Å². The molecular weight excluding hydrogens is 351 g/mol. The van der Waals surface area contributed by atoms with Gasteiger partial charge in [-0.15, -0.1) is 11.3 Å². The first kappa shape index (κ1) is 17.9. The van der Waals surface area contributed by atoms with Crippen molar-refractivity contribution in [2.75, 3.05) is 13.1 Å². The molecule has 2 aromatic rings.